The molecule has 1 fully saturated rings. The number of rotatable bonds is 5. The number of aromatic nitrogens is 2. The molecule has 1 aromatic heterocycles. The Morgan fingerprint density at radius 2 is 1.96 bits per heavy atom. The summed E-state index contributed by atoms with van der Waals surface area (Å²) in [6.45, 7) is 4.02. The quantitative estimate of drug-likeness (QED) is 0.904. The first-order chi connectivity index (χ1) is 12.0. The van der Waals surface area contributed by atoms with Crippen LogP contribution in [0.5, 0.6) is 0 Å². The van der Waals surface area contributed by atoms with Crippen molar-refractivity contribution < 1.29 is 13.6 Å². The number of nitrogens with one attached hydrogen (secondary N) is 1. The van der Waals surface area contributed by atoms with Gasteiger partial charge in [-0.1, -0.05) is 6.07 Å². The molecule has 1 aliphatic rings. The number of anilines is 1. The average molecular weight is 346 g/mol. The number of amides is 1. The number of benzene rings is 1. The van der Waals surface area contributed by atoms with Gasteiger partial charge in [0.2, 0.25) is 5.91 Å². The molecule has 132 valence electrons. The molecule has 0 bridgehead atoms. The summed E-state index contributed by atoms with van der Waals surface area (Å²) in [5.74, 6) is -0.352. The summed E-state index contributed by atoms with van der Waals surface area (Å²) >= 11 is 0. The predicted molar refractivity (Wildman–Crippen MR) is 90.1 cm³/mol. The average Bonchev–Trinajstić information content (AvgIpc) is 3.10. The van der Waals surface area contributed by atoms with E-state index < -0.39 is 11.6 Å². The Morgan fingerprint density at radius 3 is 2.68 bits per heavy atom. The van der Waals surface area contributed by atoms with Crippen molar-refractivity contribution >= 4 is 11.7 Å². The lowest BCUT2D eigenvalue weighted by Crippen LogP contribution is -2.27. The van der Waals surface area contributed by atoms with Gasteiger partial charge in [-0.3, -0.25) is 4.79 Å². The van der Waals surface area contributed by atoms with E-state index in [9.17, 15) is 13.6 Å². The highest BCUT2D eigenvalue weighted by Crippen LogP contribution is 2.18. The van der Waals surface area contributed by atoms with Crippen molar-refractivity contribution in [3.05, 3.63) is 53.0 Å². The number of carbonyl (C=O) groups is 1. The monoisotopic (exact) mass is 346 g/mol. The maximum Gasteiger partial charge on any atom is 0.224 e. The van der Waals surface area contributed by atoms with Gasteiger partial charge < -0.3 is 10.2 Å². The first-order valence-electron chi connectivity index (χ1n) is 8.31. The Labute approximate surface area is 145 Å². The largest absolute Gasteiger partial charge is 0.357 e. The molecule has 1 amide bonds. The number of carbonyl (C=O) groups excluding carboxylic acids is 1. The Bertz CT molecular complexity index is 776. The van der Waals surface area contributed by atoms with Gasteiger partial charge in [-0.2, -0.15) is 0 Å². The van der Waals surface area contributed by atoms with Crippen LogP contribution in [0.25, 0.3) is 0 Å². The molecular weight excluding hydrogens is 326 g/mol. The summed E-state index contributed by atoms with van der Waals surface area (Å²) in [5, 5.41) is 2.69. The highest BCUT2D eigenvalue weighted by atomic mass is 19.1. The number of halogens is 2. The van der Waals surface area contributed by atoms with Crippen LogP contribution in [-0.2, 0) is 17.8 Å². The normalized spacial score (nSPS) is 14.0. The van der Waals surface area contributed by atoms with Crippen molar-refractivity contribution in [2.75, 3.05) is 18.0 Å². The zero-order valence-electron chi connectivity index (χ0n) is 14.1. The standard InChI is InChI=1S/C18H20F2N4O/c1-12-8-17(24-6-2-3-7-24)23-16(22-12)11-21-18(25)9-13-4-5-14(19)10-15(13)20/h4-5,8,10H,2-3,6-7,9,11H2,1H3,(H,21,25). The lowest BCUT2D eigenvalue weighted by molar-refractivity contribution is -0.120. The summed E-state index contributed by atoms with van der Waals surface area (Å²) in [6, 6.07) is 5.12. The second-order valence-electron chi connectivity index (χ2n) is 6.17. The Morgan fingerprint density at radius 1 is 1.20 bits per heavy atom. The number of nitrogens with zero attached hydrogens (tertiary/aromatic N) is 3. The van der Waals surface area contributed by atoms with Crippen LogP contribution in [0.1, 0.15) is 29.9 Å². The zero-order valence-corrected chi connectivity index (χ0v) is 14.1. The van der Waals surface area contributed by atoms with E-state index in [1.807, 2.05) is 13.0 Å². The molecule has 1 aliphatic heterocycles. The van der Waals surface area contributed by atoms with E-state index in [1.54, 1.807) is 0 Å². The minimum absolute atomic E-state index is 0.154. The van der Waals surface area contributed by atoms with Crippen molar-refractivity contribution in [1.29, 1.82) is 0 Å². The molecule has 0 spiro atoms. The molecule has 0 saturated carbocycles. The van der Waals surface area contributed by atoms with E-state index in [1.165, 1.54) is 6.07 Å². The van der Waals surface area contributed by atoms with Crippen LogP contribution in [0, 0.1) is 18.6 Å². The molecular formula is C18H20F2N4O. The third kappa shape index (κ3) is 4.49. The Kier molecular flexibility index (Phi) is 5.21. The number of hydrogen-bond donors (Lipinski definition) is 1. The fourth-order valence-corrected chi connectivity index (χ4v) is 2.88. The van der Waals surface area contributed by atoms with Crippen molar-refractivity contribution in [1.82, 2.24) is 15.3 Å². The van der Waals surface area contributed by atoms with Crippen molar-refractivity contribution in [3.63, 3.8) is 0 Å². The minimum Gasteiger partial charge on any atom is -0.357 e. The molecule has 5 nitrogen and oxygen atoms in total. The second-order valence-corrected chi connectivity index (χ2v) is 6.17. The van der Waals surface area contributed by atoms with Gasteiger partial charge in [0.05, 0.1) is 13.0 Å². The van der Waals surface area contributed by atoms with Crippen molar-refractivity contribution in [2.24, 2.45) is 0 Å². The molecule has 3 rings (SSSR count). The van der Waals surface area contributed by atoms with Crippen LogP contribution in [0.4, 0.5) is 14.6 Å². The first-order valence-corrected chi connectivity index (χ1v) is 8.31. The van der Waals surface area contributed by atoms with Crippen LogP contribution >= 0.6 is 0 Å². The molecule has 1 aromatic carbocycles. The lowest BCUT2D eigenvalue weighted by atomic mass is 10.1. The smallest absolute Gasteiger partial charge is 0.224 e. The van der Waals surface area contributed by atoms with Gasteiger partial charge in [0.15, 0.2) is 0 Å². The van der Waals surface area contributed by atoms with Gasteiger partial charge in [0.25, 0.3) is 0 Å². The maximum absolute atomic E-state index is 13.6. The van der Waals surface area contributed by atoms with Gasteiger partial charge in [0, 0.05) is 30.9 Å². The maximum atomic E-state index is 13.6. The third-order valence-electron chi connectivity index (χ3n) is 4.13. The molecule has 1 N–H and O–H groups in total. The molecule has 1 saturated heterocycles. The molecule has 2 aromatic rings. The number of aryl methyl sites for hydroxylation is 1. The molecule has 0 atom stereocenters. The van der Waals surface area contributed by atoms with Crippen molar-refractivity contribution in [2.45, 2.75) is 32.7 Å². The summed E-state index contributed by atoms with van der Waals surface area (Å²) in [6.07, 6.45) is 2.15. The second kappa shape index (κ2) is 7.55. The van der Waals surface area contributed by atoms with Crippen LogP contribution in [0.2, 0.25) is 0 Å². The summed E-state index contributed by atoms with van der Waals surface area (Å²) in [7, 11) is 0. The molecule has 25 heavy (non-hydrogen) atoms. The third-order valence-corrected chi connectivity index (χ3v) is 4.13. The predicted octanol–water partition coefficient (Wildman–Crippen LogP) is 2.52. The topological polar surface area (TPSA) is 58.1 Å². The van der Waals surface area contributed by atoms with Gasteiger partial charge in [0.1, 0.15) is 23.3 Å². The molecule has 0 radical (unpaired) electrons. The number of hydrogen-bond acceptors (Lipinski definition) is 4. The van der Waals surface area contributed by atoms with Crippen LogP contribution in [0.3, 0.4) is 0 Å². The lowest BCUT2D eigenvalue weighted by Gasteiger charge is -2.17. The minimum atomic E-state index is -0.724. The van der Waals surface area contributed by atoms with E-state index in [2.05, 4.69) is 20.2 Å². The molecule has 2 heterocycles. The van der Waals surface area contributed by atoms with E-state index in [-0.39, 0.29) is 24.4 Å². The molecule has 0 unspecified atom stereocenters. The van der Waals surface area contributed by atoms with E-state index in [0.717, 1.165) is 49.6 Å². The Balaban J connectivity index is 1.61. The zero-order chi connectivity index (χ0) is 17.8. The van der Waals surface area contributed by atoms with Gasteiger partial charge in [-0.25, -0.2) is 18.7 Å². The summed E-state index contributed by atoms with van der Waals surface area (Å²) < 4.78 is 26.5. The molecule has 7 heteroatoms. The highest BCUT2D eigenvalue weighted by Gasteiger charge is 2.15. The van der Waals surface area contributed by atoms with Gasteiger partial charge in [-0.15, -0.1) is 0 Å². The van der Waals surface area contributed by atoms with E-state index in [4.69, 9.17) is 0 Å². The van der Waals surface area contributed by atoms with Crippen LogP contribution in [0.15, 0.2) is 24.3 Å². The summed E-state index contributed by atoms with van der Waals surface area (Å²) in [5.41, 5.74) is 0.993. The highest BCUT2D eigenvalue weighted by molar-refractivity contribution is 5.78. The van der Waals surface area contributed by atoms with Crippen LogP contribution in [-0.4, -0.2) is 29.0 Å². The fourth-order valence-electron chi connectivity index (χ4n) is 2.88. The first kappa shape index (κ1) is 17.3. The van der Waals surface area contributed by atoms with E-state index in [0.29, 0.717) is 5.82 Å². The van der Waals surface area contributed by atoms with Gasteiger partial charge >= 0.3 is 0 Å². The SMILES string of the molecule is Cc1cc(N2CCCC2)nc(CNC(=O)Cc2ccc(F)cc2F)n1. The summed E-state index contributed by atoms with van der Waals surface area (Å²) in [4.78, 5) is 23.1. The Hall–Kier alpha value is -2.57. The van der Waals surface area contributed by atoms with Gasteiger partial charge in [-0.05, 0) is 31.4 Å². The van der Waals surface area contributed by atoms with Crippen LogP contribution < -0.4 is 10.2 Å². The van der Waals surface area contributed by atoms with Crippen molar-refractivity contribution in [3.8, 4) is 0 Å². The fraction of sp³-hybridized carbons (Fsp3) is 0.389. The van der Waals surface area contributed by atoms with E-state index >= 15 is 0 Å². The molecule has 0 aliphatic carbocycles.